The molecule has 0 fully saturated rings. The molecule has 72 valence electrons. The maximum atomic E-state index is 11.9. The molecule has 0 aliphatic carbocycles. The maximum Gasteiger partial charge on any atom is 0.247 e. The van der Waals surface area contributed by atoms with Gasteiger partial charge < -0.3 is 0 Å². The van der Waals surface area contributed by atoms with Crippen LogP contribution in [0.1, 0.15) is 54.4 Å². The molecule has 0 rings (SSSR count). The number of hydrogen-bond acceptors (Lipinski definition) is 0. The summed E-state index contributed by atoms with van der Waals surface area (Å²) in [6.45, 7) is 11.0. The highest BCUT2D eigenvalue weighted by Crippen LogP contribution is 2.20. The molecule has 0 saturated carbocycles. The van der Waals surface area contributed by atoms with E-state index in [1.165, 1.54) is 13.8 Å². The first-order valence-electron chi connectivity index (χ1n) is 4.50. The van der Waals surface area contributed by atoms with E-state index in [0.29, 0.717) is 0 Å². The summed E-state index contributed by atoms with van der Waals surface area (Å²) in [6, 6.07) is 0. The van der Waals surface area contributed by atoms with Crippen molar-refractivity contribution >= 4 is 0 Å². The van der Waals surface area contributed by atoms with Crippen molar-refractivity contribution in [1.29, 1.82) is 0 Å². The van der Waals surface area contributed by atoms with Gasteiger partial charge in [0, 0.05) is 12.8 Å². The van der Waals surface area contributed by atoms with Crippen molar-refractivity contribution in [3.8, 4) is 0 Å². The SMILES string of the molecule is CC.CC.CCC(F)(F)CC. The van der Waals surface area contributed by atoms with E-state index in [2.05, 4.69) is 0 Å². The number of halogens is 2. The van der Waals surface area contributed by atoms with Crippen LogP contribution in [-0.4, -0.2) is 5.92 Å². The van der Waals surface area contributed by atoms with E-state index in [9.17, 15) is 8.78 Å². The molecule has 0 radical (unpaired) electrons. The first-order valence-corrected chi connectivity index (χ1v) is 4.50. The normalized spacial score (nSPS) is 8.73. The molecule has 0 aromatic heterocycles. The molecule has 0 heterocycles. The van der Waals surface area contributed by atoms with E-state index in [1.807, 2.05) is 27.7 Å². The zero-order chi connectivity index (χ0) is 9.91. The zero-order valence-electron chi connectivity index (χ0n) is 8.67. The summed E-state index contributed by atoms with van der Waals surface area (Å²) in [7, 11) is 0. The Bertz CT molecular complexity index is 45.5. The maximum absolute atomic E-state index is 11.9. The second-order valence-electron chi connectivity index (χ2n) is 1.56. The van der Waals surface area contributed by atoms with E-state index >= 15 is 0 Å². The standard InChI is InChI=1S/C5H10F2.2C2H6/c1-3-5(6,7)4-2;2*1-2/h3-4H2,1-2H3;2*1-2H3. The first kappa shape index (κ1) is 17.1. The van der Waals surface area contributed by atoms with Crippen molar-refractivity contribution in [3.63, 3.8) is 0 Å². The van der Waals surface area contributed by atoms with Crippen molar-refractivity contribution < 1.29 is 8.78 Å². The molecule has 0 aromatic carbocycles. The lowest BCUT2D eigenvalue weighted by Crippen LogP contribution is -2.10. The van der Waals surface area contributed by atoms with E-state index in [0.717, 1.165) is 0 Å². The van der Waals surface area contributed by atoms with Gasteiger partial charge in [0.05, 0.1) is 0 Å². The van der Waals surface area contributed by atoms with Gasteiger partial charge in [-0.25, -0.2) is 8.78 Å². The second kappa shape index (κ2) is 12.5. The monoisotopic (exact) mass is 168 g/mol. The minimum atomic E-state index is -2.42. The lowest BCUT2D eigenvalue weighted by molar-refractivity contribution is -0.00646. The number of alkyl halides is 2. The van der Waals surface area contributed by atoms with Gasteiger partial charge in [-0.05, 0) is 0 Å². The smallest absolute Gasteiger partial charge is 0.207 e. The quantitative estimate of drug-likeness (QED) is 0.569. The summed E-state index contributed by atoms with van der Waals surface area (Å²) >= 11 is 0. The predicted molar refractivity (Wildman–Crippen MR) is 48.2 cm³/mol. The average Bonchev–Trinajstić information content (AvgIpc) is 2.12. The van der Waals surface area contributed by atoms with Gasteiger partial charge in [-0.15, -0.1) is 0 Å². The van der Waals surface area contributed by atoms with Crippen molar-refractivity contribution in [3.05, 3.63) is 0 Å². The fourth-order valence-corrected chi connectivity index (χ4v) is 0.250. The van der Waals surface area contributed by atoms with E-state index in [4.69, 9.17) is 0 Å². The summed E-state index contributed by atoms with van der Waals surface area (Å²) in [5.74, 6) is -2.42. The summed E-state index contributed by atoms with van der Waals surface area (Å²) in [6.07, 6.45) is -0.0764. The molecular formula is C9H22F2. The van der Waals surface area contributed by atoms with Gasteiger partial charge in [0.2, 0.25) is 5.92 Å². The summed E-state index contributed by atoms with van der Waals surface area (Å²) < 4.78 is 23.8. The molecular weight excluding hydrogens is 146 g/mol. The Morgan fingerprint density at radius 1 is 0.818 bits per heavy atom. The van der Waals surface area contributed by atoms with Crippen LogP contribution in [0.15, 0.2) is 0 Å². The van der Waals surface area contributed by atoms with Gasteiger partial charge in [0.25, 0.3) is 0 Å². The Balaban J connectivity index is -0.000000138. The van der Waals surface area contributed by atoms with E-state index < -0.39 is 5.92 Å². The topological polar surface area (TPSA) is 0 Å². The highest BCUT2D eigenvalue weighted by Gasteiger charge is 2.21. The lowest BCUT2D eigenvalue weighted by atomic mass is 10.2. The van der Waals surface area contributed by atoms with Crippen molar-refractivity contribution in [2.24, 2.45) is 0 Å². The molecule has 0 saturated heterocycles. The molecule has 2 heteroatoms. The lowest BCUT2D eigenvalue weighted by Gasteiger charge is -2.08. The highest BCUT2D eigenvalue weighted by atomic mass is 19.3. The molecule has 0 aliphatic heterocycles. The molecule has 0 spiro atoms. The van der Waals surface area contributed by atoms with E-state index in [-0.39, 0.29) is 12.8 Å². The van der Waals surface area contributed by atoms with E-state index in [1.54, 1.807) is 0 Å². The third-order valence-corrected chi connectivity index (χ3v) is 1.03. The highest BCUT2D eigenvalue weighted by molar-refractivity contribution is 4.57. The van der Waals surface area contributed by atoms with Crippen molar-refractivity contribution in [2.45, 2.75) is 60.3 Å². The Hall–Kier alpha value is -0.140. The van der Waals surface area contributed by atoms with Crippen LogP contribution in [0.25, 0.3) is 0 Å². The molecule has 0 N–H and O–H groups in total. The van der Waals surface area contributed by atoms with Crippen LogP contribution in [0.5, 0.6) is 0 Å². The second-order valence-corrected chi connectivity index (χ2v) is 1.56. The van der Waals surface area contributed by atoms with Crippen molar-refractivity contribution in [1.82, 2.24) is 0 Å². The fourth-order valence-electron chi connectivity index (χ4n) is 0.250. The van der Waals surface area contributed by atoms with Crippen LogP contribution in [-0.2, 0) is 0 Å². The fraction of sp³-hybridized carbons (Fsp3) is 1.00. The third kappa shape index (κ3) is 17.7. The Labute approximate surface area is 70.0 Å². The zero-order valence-corrected chi connectivity index (χ0v) is 8.67. The molecule has 11 heavy (non-hydrogen) atoms. The third-order valence-electron chi connectivity index (χ3n) is 1.03. The molecule has 0 aromatic rings. The largest absolute Gasteiger partial charge is 0.247 e. The van der Waals surface area contributed by atoms with Crippen LogP contribution in [0.2, 0.25) is 0 Å². The van der Waals surface area contributed by atoms with Crippen LogP contribution in [0.3, 0.4) is 0 Å². The number of hydrogen-bond donors (Lipinski definition) is 0. The Morgan fingerprint density at radius 2 is 1.00 bits per heavy atom. The van der Waals surface area contributed by atoms with Crippen molar-refractivity contribution in [2.75, 3.05) is 0 Å². The first-order chi connectivity index (χ1) is 5.12. The van der Waals surface area contributed by atoms with Crippen LogP contribution in [0.4, 0.5) is 8.78 Å². The van der Waals surface area contributed by atoms with Crippen LogP contribution < -0.4 is 0 Å². The Kier molecular flexibility index (Phi) is 19.5. The van der Waals surface area contributed by atoms with Gasteiger partial charge in [-0.1, -0.05) is 41.5 Å². The number of rotatable bonds is 2. The molecule has 0 bridgehead atoms. The van der Waals surface area contributed by atoms with Gasteiger partial charge in [-0.2, -0.15) is 0 Å². The van der Waals surface area contributed by atoms with Gasteiger partial charge >= 0.3 is 0 Å². The summed E-state index contributed by atoms with van der Waals surface area (Å²) in [4.78, 5) is 0. The molecule has 0 amide bonds. The summed E-state index contributed by atoms with van der Waals surface area (Å²) in [5.41, 5.74) is 0. The van der Waals surface area contributed by atoms with Gasteiger partial charge in [0.15, 0.2) is 0 Å². The average molecular weight is 168 g/mol. The molecule has 0 unspecified atom stereocenters. The summed E-state index contributed by atoms with van der Waals surface area (Å²) in [5, 5.41) is 0. The van der Waals surface area contributed by atoms with Gasteiger partial charge in [0.1, 0.15) is 0 Å². The molecule has 0 atom stereocenters. The minimum Gasteiger partial charge on any atom is -0.207 e. The van der Waals surface area contributed by atoms with Crippen LogP contribution in [0, 0.1) is 0 Å². The Morgan fingerprint density at radius 3 is 1.00 bits per heavy atom. The van der Waals surface area contributed by atoms with Crippen LogP contribution >= 0.6 is 0 Å². The molecule has 0 nitrogen and oxygen atoms in total. The minimum absolute atomic E-state index is 0.0382. The van der Waals surface area contributed by atoms with Gasteiger partial charge in [-0.3, -0.25) is 0 Å². The molecule has 0 aliphatic rings. The predicted octanol–water partition coefficient (Wildman–Crippen LogP) is 4.49.